The van der Waals surface area contributed by atoms with E-state index in [9.17, 15) is 14.4 Å². The van der Waals surface area contributed by atoms with Gasteiger partial charge in [0, 0.05) is 6.42 Å². The number of imide groups is 1. The van der Waals surface area contributed by atoms with E-state index in [1.807, 2.05) is 6.92 Å². The molecule has 1 saturated heterocycles. The summed E-state index contributed by atoms with van der Waals surface area (Å²) >= 11 is 0. The Bertz CT molecular complexity index is 471. The van der Waals surface area contributed by atoms with Gasteiger partial charge in [-0.3, -0.25) is 19.3 Å². The van der Waals surface area contributed by atoms with Crippen molar-refractivity contribution in [1.82, 2.24) is 10.2 Å². The van der Waals surface area contributed by atoms with Crippen molar-refractivity contribution in [3.8, 4) is 0 Å². The minimum absolute atomic E-state index is 0.0636. The molecule has 1 heterocycles. The number of nitrogens with two attached hydrogens (primary N) is 1. The molecule has 2 fully saturated rings. The van der Waals surface area contributed by atoms with E-state index in [1.54, 1.807) is 13.8 Å². The van der Waals surface area contributed by atoms with Crippen LogP contribution in [0, 0.1) is 11.3 Å². The highest BCUT2D eigenvalue weighted by molar-refractivity contribution is 6.06. The number of carbonyl (C=O) groups is 3. The molecule has 3 amide bonds. The van der Waals surface area contributed by atoms with Crippen molar-refractivity contribution in [2.45, 2.75) is 52.0 Å². The van der Waals surface area contributed by atoms with E-state index in [4.69, 9.17) is 5.73 Å². The molecule has 0 radical (unpaired) electrons. The molecule has 2 rings (SSSR count). The third-order valence-corrected chi connectivity index (χ3v) is 4.53. The molecule has 21 heavy (non-hydrogen) atoms. The van der Waals surface area contributed by atoms with Crippen LogP contribution in [0.3, 0.4) is 0 Å². The standard InChI is InChI=1S/C15H25N3O3/c1-4-7-17-15(12(16)20,10-5-6-10)9-18-11(19)8-14(2,3)13(18)21/h10,17H,4-9H2,1-3H3,(H2,16,20). The van der Waals surface area contributed by atoms with Crippen LogP contribution in [0.2, 0.25) is 0 Å². The van der Waals surface area contributed by atoms with Crippen molar-refractivity contribution >= 4 is 17.7 Å². The van der Waals surface area contributed by atoms with Gasteiger partial charge < -0.3 is 11.1 Å². The average molecular weight is 295 g/mol. The van der Waals surface area contributed by atoms with Crippen molar-refractivity contribution in [2.75, 3.05) is 13.1 Å². The Hall–Kier alpha value is -1.43. The summed E-state index contributed by atoms with van der Waals surface area (Å²) in [4.78, 5) is 37.8. The van der Waals surface area contributed by atoms with Crippen LogP contribution < -0.4 is 11.1 Å². The lowest BCUT2D eigenvalue weighted by Gasteiger charge is -2.35. The Morgan fingerprint density at radius 1 is 1.43 bits per heavy atom. The van der Waals surface area contributed by atoms with E-state index >= 15 is 0 Å². The molecule has 0 aromatic heterocycles. The Labute approximate surface area is 125 Å². The summed E-state index contributed by atoms with van der Waals surface area (Å²) in [5.41, 5.74) is 3.98. The smallest absolute Gasteiger partial charge is 0.239 e. The maximum Gasteiger partial charge on any atom is 0.239 e. The number of hydrogen-bond donors (Lipinski definition) is 2. The maximum absolute atomic E-state index is 12.4. The monoisotopic (exact) mass is 295 g/mol. The van der Waals surface area contributed by atoms with Gasteiger partial charge in [-0.1, -0.05) is 20.8 Å². The first-order valence-corrected chi connectivity index (χ1v) is 7.64. The van der Waals surface area contributed by atoms with Gasteiger partial charge in [-0.15, -0.1) is 0 Å². The second-order valence-electron chi connectivity index (χ2n) is 6.88. The molecule has 1 unspecified atom stereocenters. The molecule has 6 nitrogen and oxygen atoms in total. The first-order valence-electron chi connectivity index (χ1n) is 7.64. The number of nitrogens with zero attached hydrogens (tertiary/aromatic N) is 1. The number of amides is 3. The van der Waals surface area contributed by atoms with Crippen molar-refractivity contribution in [2.24, 2.45) is 17.1 Å². The second-order valence-corrected chi connectivity index (χ2v) is 6.88. The van der Waals surface area contributed by atoms with E-state index in [1.165, 1.54) is 4.90 Å². The van der Waals surface area contributed by atoms with Gasteiger partial charge in [0.2, 0.25) is 17.7 Å². The highest BCUT2D eigenvalue weighted by atomic mass is 16.2. The molecule has 2 aliphatic rings. The molecular formula is C15H25N3O3. The van der Waals surface area contributed by atoms with Gasteiger partial charge in [0.15, 0.2) is 0 Å². The zero-order chi connectivity index (χ0) is 15.8. The largest absolute Gasteiger partial charge is 0.368 e. The topological polar surface area (TPSA) is 92.5 Å². The molecule has 118 valence electrons. The number of nitrogens with one attached hydrogen (secondary N) is 1. The second kappa shape index (κ2) is 5.40. The summed E-state index contributed by atoms with van der Waals surface area (Å²) in [6.45, 7) is 6.22. The van der Waals surface area contributed by atoms with Gasteiger partial charge >= 0.3 is 0 Å². The summed E-state index contributed by atoms with van der Waals surface area (Å²) in [6.07, 6.45) is 2.85. The number of carbonyl (C=O) groups excluding carboxylic acids is 3. The van der Waals surface area contributed by atoms with Crippen molar-refractivity contribution < 1.29 is 14.4 Å². The van der Waals surface area contributed by atoms with Crippen LogP contribution in [0.5, 0.6) is 0 Å². The quantitative estimate of drug-likeness (QED) is 0.665. The minimum Gasteiger partial charge on any atom is -0.368 e. The first-order chi connectivity index (χ1) is 9.74. The molecule has 0 bridgehead atoms. The van der Waals surface area contributed by atoms with Crippen LogP contribution in [-0.2, 0) is 14.4 Å². The molecule has 0 aromatic carbocycles. The van der Waals surface area contributed by atoms with Crippen molar-refractivity contribution in [3.63, 3.8) is 0 Å². The highest BCUT2D eigenvalue weighted by Crippen LogP contribution is 2.42. The summed E-state index contributed by atoms with van der Waals surface area (Å²) in [6, 6.07) is 0. The maximum atomic E-state index is 12.4. The Balaban J connectivity index is 2.25. The number of primary amides is 1. The molecule has 1 saturated carbocycles. The zero-order valence-corrected chi connectivity index (χ0v) is 13.1. The molecule has 6 heteroatoms. The lowest BCUT2D eigenvalue weighted by atomic mass is 9.90. The Morgan fingerprint density at radius 3 is 2.43 bits per heavy atom. The van der Waals surface area contributed by atoms with Crippen LogP contribution in [-0.4, -0.2) is 41.2 Å². The lowest BCUT2D eigenvalue weighted by Crippen LogP contribution is -2.64. The Kier molecular flexibility index (Phi) is 4.10. The number of likely N-dealkylation sites (tertiary alicyclic amines) is 1. The molecule has 1 atom stereocenters. The van der Waals surface area contributed by atoms with Gasteiger partial charge in [0.05, 0.1) is 12.0 Å². The van der Waals surface area contributed by atoms with Crippen LogP contribution in [0.1, 0.15) is 46.5 Å². The first kappa shape index (κ1) is 15.9. The fourth-order valence-corrected chi connectivity index (χ4v) is 3.06. The molecule has 1 aliphatic carbocycles. The average Bonchev–Trinajstić information content (AvgIpc) is 3.19. The predicted molar refractivity (Wildman–Crippen MR) is 78.1 cm³/mol. The zero-order valence-electron chi connectivity index (χ0n) is 13.1. The van der Waals surface area contributed by atoms with Crippen LogP contribution >= 0.6 is 0 Å². The van der Waals surface area contributed by atoms with Crippen molar-refractivity contribution in [3.05, 3.63) is 0 Å². The third-order valence-electron chi connectivity index (χ3n) is 4.53. The van der Waals surface area contributed by atoms with Gasteiger partial charge in [-0.25, -0.2) is 0 Å². The van der Waals surface area contributed by atoms with E-state index in [-0.39, 0.29) is 30.7 Å². The van der Waals surface area contributed by atoms with E-state index < -0.39 is 16.9 Å². The fourth-order valence-electron chi connectivity index (χ4n) is 3.06. The van der Waals surface area contributed by atoms with E-state index in [2.05, 4.69) is 5.32 Å². The fraction of sp³-hybridized carbons (Fsp3) is 0.800. The normalized spacial score (nSPS) is 24.2. The summed E-state index contributed by atoms with van der Waals surface area (Å²) in [5.74, 6) is -0.777. The van der Waals surface area contributed by atoms with Crippen LogP contribution in [0.15, 0.2) is 0 Å². The molecular weight excluding hydrogens is 270 g/mol. The molecule has 0 spiro atoms. The number of hydrogen-bond acceptors (Lipinski definition) is 4. The van der Waals surface area contributed by atoms with Gasteiger partial charge in [0.25, 0.3) is 0 Å². The van der Waals surface area contributed by atoms with Crippen molar-refractivity contribution in [1.29, 1.82) is 0 Å². The minimum atomic E-state index is -0.970. The van der Waals surface area contributed by atoms with Gasteiger partial charge in [-0.05, 0) is 31.7 Å². The van der Waals surface area contributed by atoms with Crippen LogP contribution in [0.25, 0.3) is 0 Å². The molecule has 1 aliphatic heterocycles. The van der Waals surface area contributed by atoms with E-state index in [0.717, 1.165) is 19.3 Å². The summed E-state index contributed by atoms with van der Waals surface area (Å²) < 4.78 is 0. The SMILES string of the molecule is CCCNC(CN1C(=O)CC(C)(C)C1=O)(C(N)=O)C1CC1. The van der Waals surface area contributed by atoms with E-state index in [0.29, 0.717) is 6.54 Å². The third kappa shape index (κ3) is 2.81. The van der Waals surface area contributed by atoms with Gasteiger partial charge in [-0.2, -0.15) is 0 Å². The summed E-state index contributed by atoms with van der Waals surface area (Å²) in [5, 5.41) is 3.22. The highest BCUT2D eigenvalue weighted by Gasteiger charge is 2.54. The lowest BCUT2D eigenvalue weighted by molar-refractivity contribution is -0.143. The molecule has 0 aromatic rings. The number of rotatable bonds is 7. The summed E-state index contributed by atoms with van der Waals surface area (Å²) in [7, 11) is 0. The van der Waals surface area contributed by atoms with Gasteiger partial charge in [0.1, 0.15) is 5.54 Å². The van der Waals surface area contributed by atoms with Crippen LogP contribution in [0.4, 0.5) is 0 Å². The predicted octanol–water partition coefficient (Wildman–Crippen LogP) is 0.405. The molecule has 3 N–H and O–H groups in total. The Morgan fingerprint density at radius 2 is 2.05 bits per heavy atom.